The van der Waals surface area contributed by atoms with Crippen molar-refractivity contribution < 1.29 is 24.8 Å². The number of fused-ring (bicyclic) bond motifs is 1. The summed E-state index contributed by atoms with van der Waals surface area (Å²) in [6.07, 6.45) is 6.48. The molecule has 36 heavy (non-hydrogen) atoms. The van der Waals surface area contributed by atoms with Crippen LogP contribution >= 0.6 is 0 Å². The number of hydrogen-bond donors (Lipinski definition) is 4. The molecular formula is C30H34O6. The number of phenols is 4. The molecule has 3 aromatic rings. The predicted octanol–water partition coefficient (Wildman–Crippen LogP) is 6.81. The van der Waals surface area contributed by atoms with Gasteiger partial charge in [0.2, 0.25) is 0 Å². The third-order valence-corrected chi connectivity index (χ3v) is 5.98. The van der Waals surface area contributed by atoms with Crippen LogP contribution in [-0.4, -0.2) is 20.4 Å². The second-order valence-corrected chi connectivity index (χ2v) is 9.75. The van der Waals surface area contributed by atoms with Crippen LogP contribution in [0.4, 0.5) is 0 Å². The number of rotatable bonds is 7. The first-order valence-corrected chi connectivity index (χ1v) is 11.9. The minimum atomic E-state index is -0.501. The van der Waals surface area contributed by atoms with Crippen LogP contribution in [0.15, 0.2) is 62.4 Å². The molecule has 190 valence electrons. The fourth-order valence-corrected chi connectivity index (χ4v) is 3.94. The highest BCUT2D eigenvalue weighted by Crippen LogP contribution is 2.43. The van der Waals surface area contributed by atoms with Crippen molar-refractivity contribution in [2.24, 2.45) is 0 Å². The van der Waals surface area contributed by atoms with Crippen molar-refractivity contribution in [1.82, 2.24) is 0 Å². The molecule has 0 radical (unpaired) electrons. The lowest BCUT2D eigenvalue weighted by Crippen LogP contribution is -2.05. The maximum Gasteiger partial charge on any atom is 0.197 e. The molecule has 0 amide bonds. The van der Waals surface area contributed by atoms with Gasteiger partial charge in [0.05, 0.1) is 5.56 Å². The van der Waals surface area contributed by atoms with E-state index in [2.05, 4.69) is 0 Å². The van der Waals surface area contributed by atoms with Crippen molar-refractivity contribution in [2.75, 3.05) is 0 Å². The highest BCUT2D eigenvalue weighted by Gasteiger charge is 2.24. The maximum atomic E-state index is 13.3. The van der Waals surface area contributed by atoms with Crippen molar-refractivity contribution in [3.63, 3.8) is 0 Å². The van der Waals surface area contributed by atoms with Crippen LogP contribution in [0.1, 0.15) is 58.2 Å². The fraction of sp³-hybridized carbons (Fsp3) is 0.300. The standard InChI is InChI=1S/C30H34O6/c1-16(2)7-10-19-23(31)14-13-20(27(19)33)25-15-24(32)26-29(35)21(11-8-17(3)4)28(34)22(30(26)36-25)12-9-18(5)6/h7-9,13-15,31,33-35H,10-12H2,1-6H3. The topological polar surface area (TPSA) is 111 Å². The van der Waals surface area contributed by atoms with E-state index in [-0.39, 0.29) is 63.7 Å². The third kappa shape index (κ3) is 5.48. The number of phenolic OH excluding ortho intramolecular Hbond substituents is 4. The monoisotopic (exact) mass is 490 g/mol. The molecule has 6 heteroatoms. The van der Waals surface area contributed by atoms with E-state index in [1.807, 2.05) is 59.8 Å². The molecule has 0 saturated heterocycles. The molecule has 3 rings (SSSR count). The van der Waals surface area contributed by atoms with Gasteiger partial charge in [-0.2, -0.15) is 0 Å². The van der Waals surface area contributed by atoms with Crippen LogP contribution in [0.2, 0.25) is 0 Å². The Morgan fingerprint density at radius 1 is 0.722 bits per heavy atom. The average molecular weight is 491 g/mol. The van der Waals surface area contributed by atoms with Gasteiger partial charge in [0, 0.05) is 22.8 Å². The number of allylic oxidation sites excluding steroid dienone is 6. The van der Waals surface area contributed by atoms with Gasteiger partial charge in [-0.25, -0.2) is 0 Å². The first-order valence-electron chi connectivity index (χ1n) is 11.9. The van der Waals surface area contributed by atoms with E-state index in [0.717, 1.165) is 16.7 Å². The number of hydrogen-bond acceptors (Lipinski definition) is 6. The molecule has 0 saturated carbocycles. The number of benzene rings is 2. The summed E-state index contributed by atoms with van der Waals surface area (Å²) >= 11 is 0. The van der Waals surface area contributed by atoms with Crippen molar-refractivity contribution >= 4 is 11.0 Å². The van der Waals surface area contributed by atoms with Gasteiger partial charge in [0.15, 0.2) is 5.43 Å². The minimum Gasteiger partial charge on any atom is -0.508 e. The molecule has 4 N–H and O–H groups in total. The minimum absolute atomic E-state index is 0.0195. The Labute approximate surface area is 211 Å². The summed E-state index contributed by atoms with van der Waals surface area (Å²) in [7, 11) is 0. The zero-order valence-corrected chi connectivity index (χ0v) is 21.7. The van der Waals surface area contributed by atoms with E-state index < -0.39 is 5.43 Å². The van der Waals surface area contributed by atoms with Gasteiger partial charge < -0.3 is 24.8 Å². The van der Waals surface area contributed by atoms with Gasteiger partial charge >= 0.3 is 0 Å². The molecule has 0 bridgehead atoms. The summed E-state index contributed by atoms with van der Waals surface area (Å²) < 4.78 is 6.11. The zero-order valence-electron chi connectivity index (χ0n) is 21.7. The predicted molar refractivity (Wildman–Crippen MR) is 144 cm³/mol. The van der Waals surface area contributed by atoms with Gasteiger partial charge in [0.25, 0.3) is 0 Å². The maximum absolute atomic E-state index is 13.3. The van der Waals surface area contributed by atoms with Crippen molar-refractivity contribution in [1.29, 1.82) is 0 Å². The molecule has 0 atom stereocenters. The molecule has 0 aliphatic rings. The molecule has 0 fully saturated rings. The van der Waals surface area contributed by atoms with E-state index in [0.29, 0.717) is 17.5 Å². The number of aromatic hydroxyl groups is 4. The van der Waals surface area contributed by atoms with Crippen molar-refractivity contribution in [3.8, 4) is 34.3 Å². The van der Waals surface area contributed by atoms with E-state index in [4.69, 9.17) is 4.42 Å². The summed E-state index contributed by atoms with van der Waals surface area (Å²) in [5.41, 5.74) is 3.78. The van der Waals surface area contributed by atoms with Gasteiger partial charge in [-0.05, 0) is 72.9 Å². The highest BCUT2D eigenvalue weighted by atomic mass is 16.3. The molecule has 6 nitrogen and oxygen atoms in total. The van der Waals surface area contributed by atoms with Crippen LogP contribution in [0.3, 0.4) is 0 Å². The first kappa shape index (κ1) is 26.7. The van der Waals surface area contributed by atoms with Crippen LogP contribution < -0.4 is 5.43 Å². The third-order valence-electron chi connectivity index (χ3n) is 5.98. The summed E-state index contributed by atoms with van der Waals surface area (Å²) in [5.74, 6) is -0.651. The molecule has 0 unspecified atom stereocenters. The molecule has 2 aromatic carbocycles. The van der Waals surface area contributed by atoms with E-state index >= 15 is 0 Å². The summed E-state index contributed by atoms with van der Waals surface area (Å²) in [4.78, 5) is 13.3. The van der Waals surface area contributed by atoms with Crippen molar-refractivity contribution in [2.45, 2.75) is 60.8 Å². The lowest BCUT2D eigenvalue weighted by Gasteiger charge is -2.16. The van der Waals surface area contributed by atoms with E-state index in [1.165, 1.54) is 18.2 Å². The highest BCUT2D eigenvalue weighted by molar-refractivity contribution is 5.91. The molecule has 1 aromatic heterocycles. The Bertz CT molecular complexity index is 1460. The zero-order chi connectivity index (χ0) is 26.7. The first-order chi connectivity index (χ1) is 16.9. The van der Waals surface area contributed by atoms with Gasteiger partial charge in [-0.1, -0.05) is 34.9 Å². The summed E-state index contributed by atoms with van der Waals surface area (Å²) in [6.45, 7) is 11.5. The van der Waals surface area contributed by atoms with Crippen LogP contribution in [0.25, 0.3) is 22.3 Å². The largest absolute Gasteiger partial charge is 0.508 e. The SMILES string of the molecule is CC(C)=CCc1c(O)ccc(-c2cc(=O)c3c(O)c(CC=C(C)C)c(O)c(CC=C(C)C)c3o2)c1O. The lowest BCUT2D eigenvalue weighted by atomic mass is 9.96. The average Bonchev–Trinajstić information content (AvgIpc) is 2.77. The fourth-order valence-electron chi connectivity index (χ4n) is 3.94. The van der Waals surface area contributed by atoms with Crippen LogP contribution in [0.5, 0.6) is 23.0 Å². The molecular weight excluding hydrogens is 456 g/mol. The molecule has 1 heterocycles. The van der Waals surface area contributed by atoms with E-state index in [1.54, 1.807) is 0 Å². The Morgan fingerprint density at radius 3 is 1.81 bits per heavy atom. The Hall–Kier alpha value is -3.93. The Balaban J connectivity index is 2.35. The molecule has 0 aliphatic carbocycles. The molecule has 0 spiro atoms. The normalized spacial score (nSPS) is 10.8. The second kappa shape index (κ2) is 10.8. The summed E-state index contributed by atoms with van der Waals surface area (Å²) in [6, 6.07) is 4.12. The van der Waals surface area contributed by atoms with E-state index in [9.17, 15) is 25.2 Å². The Kier molecular flexibility index (Phi) is 7.98. The van der Waals surface area contributed by atoms with Gasteiger partial charge in [-0.3, -0.25) is 4.79 Å². The van der Waals surface area contributed by atoms with Crippen LogP contribution in [0, 0.1) is 0 Å². The summed E-state index contributed by atoms with van der Waals surface area (Å²) in [5, 5.41) is 43.4. The smallest absolute Gasteiger partial charge is 0.197 e. The van der Waals surface area contributed by atoms with Crippen molar-refractivity contribution in [3.05, 3.63) is 80.1 Å². The molecule has 0 aliphatic heterocycles. The van der Waals surface area contributed by atoms with Gasteiger partial charge in [-0.15, -0.1) is 0 Å². The second-order valence-electron chi connectivity index (χ2n) is 9.75. The lowest BCUT2D eigenvalue weighted by molar-refractivity contribution is 0.438. The quantitative estimate of drug-likeness (QED) is 0.271. The Morgan fingerprint density at radius 2 is 1.25 bits per heavy atom. The van der Waals surface area contributed by atoms with Crippen LogP contribution in [-0.2, 0) is 19.3 Å². The van der Waals surface area contributed by atoms with Gasteiger partial charge in [0.1, 0.15) is 39.7 Å².